The number of nitrogens with one attached hydrogen (secondary N) is 1. The van der Waals surface area contributed by atoms with Crippen molar-refractivity contribution in [3.63, 3.8) is 0 Å². The van der Waals surface area contributed by atoms with E-state index in [2.05, 4.69) is 5.32 Å². The van der Waals surface area contributed by atoms with Crippen molar-refractivity contribution in [1.29, 1.82) is 0 Å². The zero-order valence-electron chi connectivity index (χ0n) is 19.5. The largest absolute Gasteiger partial charge is 0.509 e. The number of hydrogen-bond donors (Lipinski definition) is 6. The number of aliphatic hydroxyl groups excluding tert-OH is 2. The normalized spacial score (nSPS) is 26.9. The first-order chi connectivity index (χ1) is 17.5. The molecular formula is C26H23N3O7S. The number of amides is 1. The predicted molar refractivity (Wildman–Crippen MR) is 136 cm³/mol. The number of rotatable bonds is 3. The minimum absolute atomic E-state index is 0.0958. The molecule has 2 aromatic carbocycles. The summed E-state index contributed by atoms with van der Waals surface area (Å²) in [6, 6.07) is 11.0. The fourth-order valence-electron chi connectivity index (χ4n) is 5.56. The molecule has 0 radical (unpaired) electrons. The van der Waals surface area contributed by atoms with E-state index in [1.54, 1.807) is 54.4 Å². The van der Waals surface area contributed by atoms with Crippen molar-refractivity contribution in [3.8, 4) is 5.75 Å². The van der Waals surface area contributed by atoms with Crippen molar-refractivity contribution in [2.75, 3.05) is 11.9 Å². The van der Waals surface area contributed by atoms with Gasteiger partial charge in [-0.05, 0) is 18.6 Å². The van der Waals surface area contributed by atoms with Crippen LogP contribution in [0, 0.1) is 5.92 Å². The molecule has 3 aliphatic rings. The lowest BCUT2D eigenvalue weighted by Gasteiger charge is -2.51. The molecule has 2 aliphatic carbocycles. The SMILES string of the molecule is CN1c2cccc(O)c2C(=O)C2=C(O)C3(O)C(=O)C(C(N)=O)=C(O)C(NC(=S)c4ccccc4)C3CC21. The maximum atomic E-state index is 13.5. The number of ketones is 2. The summed E-state index contributed by atoms with van der Waals surface area (Å²) in [5.41, 5.74) is 2.28. The first-order valence-electron chi connectivity index (χ1n) is 11.4. The molecule has 0 spiro atoms. The molecule has 4 atom stereocenters. The van der Waals surface area contributed by atoms with Crippen LogP contribution in [-0.4, -0.2) is 67.6 Å². The van der Waals surface area contributed by atoms with E-state index in [9.17, 15) is 34.8 Å². The number of nitrogens with zero attached hydrogens (tertiary/aromatic N) is 1. The Morgan fingerprint density at radius 2 is 1.78 bits per heavy atom. The summed E-state index contributed by atoms with van der Waals surface area (Å²) in [4.78, 5) is 40.9. The van der Waals surface area contributed by atoms with E-state index in [-0.39, 0.29) is 28.3 Å². The summed E-state index contributed by atoms with van der Waals surface area (Å²) in [7, 11) is 1.64. The maximum absolute atomic E-state index is 13.5. The molecule has 0 aromatic heterocycles. The third kappa shape index (κ3) is 3.35. The summed E-state index contributed by atoms with van der Waals surface area (Å²) in [5.74, 6) is -6.68. The molecule has 2 aromatic rings. The van der Waals surface area contributed by atoms with Gasteiger partial charge in [0.25, 0.3) is 5.91 Å². The Morgan fingerprint density at radius 1 is 1.11 bits per heavy atom. The standard InChI is InChI=1S/C26H23N3O7S/c1-29-13-8-5-9-15(30)16(13)20(31)17-14(29)10-12-19(28-25(37)11-6-3-2-4-7-11)21(32)18(24(27)35)23(34)26(12,36)22(17)33/h2-9,12,14,19,30,32-33,36H,10H2,1H3,(H2,27,35)(H,28,37). The van der Waals surface area contributed by atoms with Crippen LogP contribution in [0.4, 0.5) is 5.69 Å². The highest BCUT2D eigenvalue weighted by Gasteiger charge is 2.63. The summed E-state index contributed by atoms with van der Waals surface area (Å²) >= 11 is 5.48. The molecule has 0 saturated carbocycles. The summed E-state index contributed by atoms with van der Waals surface area (Å²) < 4.78 is 0. The lowest BCUT2D eigenvalue weighted by molar-refractivity contribution is -0.145. The van der Waals surface area contributed by atoms with Crippen molar-refractivity contribution in [1.82, 2.24) is 5.32 Å². The van der Waals surface area contributed by atoms with Crippen molar-refractivity contribution in [3.05, 3.63) is 82.3 Å². The third-order valence-electron chi connectivity index (χ3n) is 7.40. The molecule has 7 N–H and O–H groups in total. The number of carbonyl (C=O) groups is 3. The van der Waals surface area contributed by atoms with Crippen molar-refractivity contribution < 1.29 is 34.8 Å². The number of Topliss-reactive ketones (excluding diaryl/α,β-unsaturated/α-hetero) is 2. The van der Waals surface area contributed by atoms with Gasteiger partial charge in [0, 0.05) is 18.5 Å². The maximum Gasteiger partial charge on any atom is 0.255 e. The highest BCUT2D eigenvalue weighted by Crippen LogP contribution is 2.50. The van der Waals surface area contributed by atoms with Crippen LogP contribution in [0.1, 0.15) is 22.3 Å². The van der Waals surface area contributed by atoms with Gasteiger partial charge in [0.05, 0.1) is 28.9 Å². The molecule has 0 bridgehead atoms. The van der Waals surface area contributed by atoms with Crippen LogP contribution in [-0.2, 0) is 9.59 Å². The Balaban J connectivity index is 1.69. The summed E-state index contributed by atoms with van der Waals surface area (Å²) in [5, 5.41) is 47.4. The molecule has 1 heterocycles. The second kappa shape index (κ2) is 8.43. The van der Waals surface area contributed by atoms with Crippen LogP contribution in [0.2, 0.25) is 0 Å². The topological polar surface area (TPSA) is 173 Å². The minimum Gasteiger partial charge on any atom is -0.509 e. The van der Waals surface area contributed by atoms with E-state index in [0.29, 0.717) is 11.3 Å². The third-order valence-corrected chi connectivity index (χ3v) is 7.75. The molecule has 10 nitrogen and oxygen atoms in total. The van der Waals surface area contributed by atoms with Crippen LogP contribution in [0.25, 0.3) is 0 Å². The molecular weight excluding hydrogens is 498 g/mol. The number of hydrogen-bond acceptors (Lipinski definition) is 9. The zero-order valence-corrected chi connectivity index (χ0v) is 20.3. The van der Waals surface area contributed by atoms with Gasteiger partial charge in [0.1, 0.15) is 27.8 Å². The monoisotopic (exact) mass is 521 g/mol. The fourth-order valence-corrected chi connectivity index (χ4v) is 5.83. The van der Waals surface area contributed by atoms with E-state index in [1.807, 2.05) is 0 Å². The summed E-state index contributed by atoms with van der Waals surface area (Å²) in [6.45, 7) is 0. The van der Waals surface area contributed by atoms with Gasteiger partial charge in [-0.2, -0.15) is 0 Å². The first kappa shape index (κ1) is 24.5. The number of carbonyl (C=O) groups excluding carboxylic acids is 3. The van der Waals surface area contributed by atoms with Gasteiger partial charge >= 0.3 is 0 Å². The average molecular weight is 522 g/mol. The Bertz CT molecular complexity index is 1450. The Labute approximate surface area is 216 Å². The molecule has 1 amide bonds. The van der Waals surface area contributed by atoms with E-state index < -0.39 is 58.2 Å². The highest BCUT2D eigenvalue weighted by atomic mass is 32.1. The Hall–Kier alpha value is -4.22. The number of phenols is 1. The van der Waals surface area contributed by atoms with Gasteiger partial charge in [-0.3, -0.25) is 14.4 Å². The molecule has 1 aliphatic heterocycles. The molecule has 190 valence electrons. The summed E-state index contributed by atoms with van der Waals surface area (Å²) in [6.07, 6.45) is -0.107. The zero-order chi connectivity index (χ0) is 26.8. The second-order valence-electron chi connectivity index (χ2n) is 9.27. The number of aromatic hydroxyl groups is 1. The number of aliphatic hydroxyl groups is 3. The van der Waals surface area contributed by atoms with Gasteiger partial charge in [0.2, 0.25) is 5.78 Å². The van der Waals surface area contributed by atoms with Crippen LogP contribution < -0.4 is 16.0 Å². The molecule has 11 heteroatoms. The lowest BCUT2D eigenvalue weighted by atomic mass is 9.61. The van der Waals surface area contributed by atoms with Crippen molar-refractivity contribution in [2.24, 2.45) is 11.7 Å². The smallest absolute Gasteiger partial charge is 0.255 e. The molecule has 5 rings (SSSR count). The molecule has 0 saturated heterocycles. The Morgan fingerprint density at radius 3 is 2.43 bits per heavy atom. The quantitative estimate of drug-likeness (QED) is 0.254. The van der Waals surface area contributed by atoms with Gasteiger partial charge in [0.15, 0.2) is 11.4 Å². The average Bonchev–Trinajstić information content (AvgIpc) is 2.86. The van der Waals surface area contributed by atoms with Gasteiger partial charge in [-0.25, -0.2) is 0 Å². The predicted octanol–water partition coefficient (Wildman–Crippen LogP) is 1.17. The van der Waals surface area contributed by atoms with Crippen LogP contribution in [0.3, 0.4) is 0 Å². The first-order valence-corrected chi connectivity index (χ1v) is 11.8. The van der Waals surface area contributed by atoms with E-state index in [4.69, 9.17) is 18.0 Å². The van der Waals surface area contributed by atoms with Gasteiger partial charge in [-0.1, -0.05) is 48.6 Å². The number of benzene rings is 2. The van der Waals surface area contributed by atoms with Gasteiger partial charge < -0.3 is 36.4 Å². The number of likely N-dealkylation sites (N-methyl/N-ethyl adjacent to an activating group) is 1. The number of nitrogens with two attached hydrogens (primary N) is 1. The van der Waals surface area contributed by atoms with Crippen molar-refractivity contribution >= 4 is 40.4 Å². The van der Waals surface area contributed by atoms with Crippen LogP contribution in [0.5, 0.6) is 5.75 Å². The van der Waals surface area contributed by atoms with E-state index in [1.165, 1.54) is 6.07 Å². The number of primary amides is 1. The number of phenolic OH excluding ortho intramolecular Hbond substituents is 1. The molecule has 37 heavy (non-hydrogen) atoms. The van der Waals surface area contributed by atoms with E-state index >= 15 is 0 Å². The highest BCUT2D eigenvalue weighted by molar-refractivity contribution is 7.80. The molecule has 0 fully saturated rings. The number of fused-ring (bicyclic) bond motifs is 3. The number of anilines is 1. The van der Waals surface area contributed by atoms with Crippen molar-refractivity contribution in [2.45, 2.75) is 24.1 Å². The number of thiocarbonyl (C=S) groups is 1. The fraction of sp³-hybridized carbons (Fsp3) is 0.231. The van der Waals surface area contributed by atoms with Crippen LogP contribution >= 0.6 is 12.2 Å². The van der Waals surface area contributed by atoms with Crippen LogP contribution in [0.15, 0.2) is 71.2 Å². The second-order valence-corrected chi connectivity index (χ2v) is 9.68. The van der Waals surface area contributed by atoms with Gasteiger partial charge in [-0.15, -0.1) is 0 Å². The lowest BCUT2D eigenvalue weighted by Crippen LogP contribution is -2.66. The molecule has 4 unspecified atom stereocenters. The van der Waals surface area contributed by atoms with E-state index in [0.717, 1.165) is 0 Å². The minimum atomic E-state index is -2.77. The Kier molecular flexibility index (Phi) is 5.57.